The van der Waals surface area contributed by atoms with Crippen molar-refractivity contribution in [3.8, 4) is 0 Å². The number of rotatable bonds is 4. The molecule has 1 heterocycles. The van der Waals surface area contributed by atoms with E-state index in [-0.39, 0.29) is 0 Å². The van der Waals surface area contributed by atoms with Gasteiger partial charge in [0.05, 0.1) is 17.5 Å². The molecular weight excluding hydrogens is 236 g/mol. The van der Waals surface area contributed by atoms with Gasteiger partial charge in [0.25, 0.3) is 0 Å². The van der Waals surface area contributed by atoms with Crippen molar-refractivity contribution in [2.75, 3.05) is 7.05 Å². The van der Waals surface area contributed by atoms with Gasteiger partial charge in [0, 0.05) is 12.7 Å². The lowest BCUT2D eigenvalue weighted by Crippen LogP contribution is -2.32. The van der Waals surface area contributed by atoms with Gasteiger partial charge in [-0.1, -0.05) is 0 Å². The van der Waals surface area contributed by atoms with E-state index in [0.717, 1.165) is 17.0 Å². The summed E-state index contributed by atoms with van der Waals surface area (Å²) < 4.78 is 25.2. The molecule has 0 unspecified atom stereocenters. The minimum atomic E-state index is -3.21. The van der Waals surface area contributed by atoms with Crippen LogP contribution < -0.4 is 0 Å². The maximum absolute atomic E-state index is 11.9. The Kier molecular flexibility index (Phi) is 4.27. The van der Waals surface area contributed by atoms with Crippen molar-refractivity contribution in [3.05, 3.63) is 29.1 Å². The number of sulfonamides is 1. The van der Waals surface area contributed by atoms with E-state index in [1.807, 2.05) is 26.0 Å². The Balaban J connectivity index is 2.92. The summed E-state index contributed by atoms with van der Waals surface area (Å²) in [4.78, 5) is 4.34. The number of aromatic nitrogens is 1. The van der Waals surface area contributed by atoms with E-state index in [9.17, 15) is 8.42 Å². The molecule has 1 aromatic heterocycles. The van der Waals surface area contributed by atoms with E-state index >= 15 is 0 Å². The first-order valence-corrected chi connectivity index (χ1v) is 7.13. The van der Waals surface area contributed by atoms with Gasteiger partial charge in [0.2, 0.25) is 10.0 Å². The van der Waals surface area contributed by atoms with Crippen LogP contribution in [0.25, 0.3) is 0 Å². The van der Waals surface area contributed by atoms with Gasteiger partial charge >= 0.3 is 0 Å². The van der Waals surface area contributed by atoms with Crippen molar-refractivity contribution in [2.24, 2.45) is 0 Å². The average molecular weight is 256 g/mol. The molecule has 0 aliphatic rings. The summed E-state index contributed by atoms with van der Waals surface area (Å²) in [6, 6.07) is 3.89. The third-order valence-corrected chi connectivity index (χ3v) is 4.75. The van der Waals surface area contributed by atoms with Gasteiger partial charge in [0.1, 0.15) is 0 Å². The molecule has 0 aliphatic carbocycles. The third-order valence-electron chi connectivity index (χ3n) is 2.57. The lowest BCUT2D eigenvalue weighted by Gasteiger charge is -2.19. The number of nitrogens with zero attached hydrogens (tertiary/aromatic N) is 2. The molecule has 5 heteroatoms. The molecule has 4 nitrogen and oxygen atoms in total. The Bertz CT molecular complexity index is 475. The molecule has 0 atom stereocenters. The van der Waals surface area contributed by atoms with E-state index in [1.165, 1.54) is 4.31 Å². The summed E-state index contributed by atoms with van der Waals surface area (Å²) in [5.74, 6) is 0. The summed E-state index contributed by atoms with van der Waals surface area (Å²) in [6.45, 7) is 7.58. The highest BCUT2D eigenvalue weighted by molar-refractivity contribution is 7.89. The lowest BCUT2D eigenvalue weighted by atomic mass is 10.2. The van der Waals surface area contributed by atoms with Crippen LogP contribution in [0, 0.1) is 13.8 Å². The van der Waals surface area contributed by atoms with Crippen LogP contribution in [0.1, 0.15) is 30.8 Å². The smallest absolute Gasteiger partial charge is 0.216 e. The second kappa shape index (κ2) is 5.14. The zero-order valence-electron chi connectivity index (χ0n) is 11.1. The van der Waals surface area contributed by atoms with Crippen molar-refractivity contribution < 1.29 is 8.42 Å². The molecule has 0 aromatic carbocycles. The van der Waals surface area contributed by atoms with Crippen molar-refractivity contribution in [1.29, 1.82) is 0 Å². The van der Waals surface area contributed by atoms with Crippen LogP contribution in [0.3, 0.4) is 0 Å². The molecular formula is C12H20N2O2S. The van der Waals surface area contributed by atoms with Crippen molar-refractivity contribution in [2.45, 2.75) is 39.5 Å². The van der Waals surface area contributed by atoms with Crippen LogP contribution in [0.15, 0.2) is 12.1 Å². The molecule has 0 radical (unpaired) electrons. The molecule has 0 saturated carbocycles. The van der Waals surface area contributed by atoms with E-state index in [4.69, 9.17) is 0 Å². The van der Waals surface area contributed by atoms with Crippen LogP contribution in [0.2, 0.25) is 0 Å². The largest absolute Gasteiger partial charge is 0.257 e. The molecule has 0 spiro atoms. The van der Waals surface area contributed by atoms with E-state index < -0.39 is 15.3 Å². The van der Waals surface area contributed by atoms with Crippen LogP contribution in [-0.2, 0) is 16.6 Å². The fourth-order valence-corrected chi connectivity index (χ4v) is 2.72. The second-order valence-corrected chi connectivity index (χ2v) is 7.22. The summed E-state index contributed by atoms with van der Waals surface area (Å²) in [6.07, 6.45) is 0. The quantitative estimate of drug-likeness (QED) is 0.826. The predicted octanol–water partition coefficient (Wildman–Crippen LogP) is 1.87. The fraction of sp³-hybridized carbons (Fsp3) is 0.583. The van der Waals surface area contributed by atoms with E-state index in [2.05, 4.69) is 4.98 Å². The van der Waals surface area contributed by atoms with Crippen LogP contribution in [-0.4, -0.2) is 30.0 Å². The Morgan fingerprint density at radius 1 is 1.29 bits per heavy atom. The van der Waals surface area contributed by atoms with Gasteiger partial charge < -0.3 is 0 Å². The van der Waals surface area contributed by atoms with Crippen LogP contribution >= 0.6 is 0 Å². The standard InChI is InChI=1S/C12H20N2O2S/c1-9(2)17(15,16)14(5)8-12-7-10(3)6-11(4)13-12/h6-7,9H,8H2,1-5H3. The zero-order chi connectivity index (χ0) is 13.2. The minimum Gasteiger partial charge on any atom is -0.257 e. The Labute approximate surface area is 104 Å². The molecule has 0 saturated heterocycles. The van der Waals surface area contributed by atoms with Gasteiger partial charge in [-0.3, -0.25) is 4.98 Å². The Hall–Kier alpha value is -0.940. The van der Waals surface area contributed by atoms with Gasteiger partial charge in [-0.25, -0.2) is 8.42 Å². The number of hydrogen-bond acceptors (Lipinski definition) is 3. The molecule has 0 fully saturated rings. The summed E-state index contributed by atoms with van der Waals surface area (Å²) in [5, 5.41) is -0.404. The monoisotopic (exact) mass is 256 g/mol. The maximum Gasteiger partial charge on any atom is 0.216 e. The summed E-state index contributed by atoms with van der Waals surface area (Å²) in [5.41, 5.74) is 2.80. The first-order valence-electron chi connectivity index (χ1n) is 5.63. The second-order valence-electron chi connectivity index (χ2n) is 4.63. The van der Waals surface area contributed by atoms with Gasteiger partial charge in [-0.2, -0.15) is 4.31 Å². The molecule has 0 amide bonds. The van der Waals surface area contributed by atoms with Gasteiger partial charge in [-0.05, 0) is 45.4 Å². The molecule has 0 aliphatic heterocycles. The highest BCUT2D eigenvalue weighted by Gasteiger charge is 2.22. The molecule has 17 heavy (non-hydrogen) atoms. The molecule has 0 N–H and O–H groups in total. The van der Waals surface area contributed by atoms with E-state index in [1.54, 1.807) is 20.9 Å². The molecule has 96 valence electrons. The third kappa shape index (κ3) is 3.51. The molecule has 1 aromatic rings. The first kappa shape index (κ1) is 14.1. The number of pyridine rings is 1. The van der Waals surface area contributed by atoms with Crippen molar-refractivity contribution in [1.82, 2.24) is 9.29 Å². The number of aryl methyl sites for hydroxylation is 2. The lowest BCUT2D eigenvalue weighted by molar-refractivity contribution is 0.455. The summed E-state index contributed by atoms with van der Waals surface area (Å²) >= 11 is 0. The SMILES string of the molecule is Cc1cc(C)nc(CN(C)S(=O)(=O)C(C)C)c1. The average Bonchev–Trinajstić information content (AvgIpc) is 2.15. The first-order chi connectivity index (χ1) is 7.73. The van der Waals surface area contributed by atoms with Gasteiger partial charge in [-0.15, -0.1) is 0 Å². The minimum absolute atomic E-state index is 0.322. The van der Waals surface area contributed by atoms with E-state index in [0.29, 0.717) is 6.54 Å². The normalized spacial score (nSPS) is 12.4. The topological polar surface area (TPSA) is 50.3 Å². The molecule has 0 bridgehead atoms. The highest BCUT2D eigenvalue weighted by Crippen LogP contribution is 2.12. The van der Waals surface area contributed by atoms with Gasteiger partial charge in [0.15, 0.2) is 0 Å². The van der Waals surface area contributed by atoms with Crippen molar-refractivity contribution >= 4 is 10.0 Å². The number of hydrogen-bond donors (Lipinski definition) is 0. The maximum atomic E-state index is 11.9. The Morgan fingerprint density at radius 3 is 2.35 bits per heavy atom. The predicted molar refractivity (Wildman–Crippen MR) is 69.2 cm³/mol. The summed E-state index contributed by atoms with van der Waals surface area (Å²) in [7, 11) is -1.62. The van der Waals surface area contributed by atoms with Crippen molar-refractivity contribution in [3.63, 3.8) is 0 Å². The fourth-order valence-electron chi connectivity index (χ4n) is 1.68. The highest BCUT2D eigenvalue weighted by atomic mass is 32.2. The Morgan fingerprint density at radius 2 is 1.88 bits per heavy atom. The zero-order valence-corrected chi connectivity index (χ0v) is 11.9. The van der Waals surface area contributed by atoms with Crippen LogP contribution in [0.5, 0.6) is 0 Å². The van der Waals surface area contributed by atoms with Crippen LogP contribution in [0.4, 0.5) is 0 Å². The molecule has 1 rings (SSSR count).